The SMILES string of the molecule is Cc1cnc(Nc2ccc(S(N)(=O)=O)cc2)nc1Nc1ccc2c(c1)NC(=O)CS2. The lowest BCUT2D eigenvalue weighted by atomic mass is 10.2. The van der Waals surface area contributed by atoms with Crippen molar-refractivity contribution in [2.24, 2.45) is 5.14 Å². The smallest absolute Gasteiger partial charge is 0.238 e. The Bertz CT molecular complexity index is 1230. The van der Waals surface area contributed by atoms with Crippen molar-refractivity contribution < 1.29 is 13.2 Å². The van der Waals surface area contributed by atoms with E-state index in [2.05, 4.69) is 25.9 Å². The highest BCUT2D eigenvalue weighted by molar-refractivity contribution is 8.00. The molecule has 2 aromatic carbocycles. The topological polar surface area (TPSA) is 139 Å². The number of primary sulfonamides is 1. The molecule has 11 heteroatoms. The lowest BCUT2D eigenvalue weighted by Gasteiger charge is -2.18. The van der Waals surface area contributed by atoms with E-state index in [-0.39, 0.29) is 10.8 Å². The van der Waals surface area contributed by atoms with Crippen LogP contribution in [0.4, 0.5) is 28.8 Å². The van der Waals surface area contributed by atoms with Crippen molar-refractivity contribution in [2.45, 2.75) is 16.7 Å². The summed E-state index contributed by atoms with van der Waals surface area (Å²) >= 11 is 1.50. The van der Waals surface area contributed by atoms with E-state index in [9.17, 15) is 13.2 Å². The number of carbonyl (C=O) groups is 1. The van der Waals surface area contributed by atoms with E-state index in [0.717, 1.165) is 21.8 Å². The van der Waals surface area contributed by atoms with Crippen LogP contribution in [0.2, 0.25) is 0 Å². The molecule has 4 rings (SSSR count). The van der Waals surface area contributed by atoms with Crippen molar-refractivity contribution >= 4 is 56.5 Å². The van der Waals surface area contributed by atoms with Crippen LogP contribution in [0.15, 0.2) is 58.5 Å². The third-order valence-electron chi connectivity index (χ3n) is 4.29. The third-order valence-corrected chi connectivity index (χ3v) is 6.29. The van der Waals surface area contributed by atoms with Crippen molar-refractivity contribution in [1.29, 1.82) is 0 Å². The molecule has 0 spiro atoms. The molecule has 2 heterocycles. The highest BCUT2D eigenvalue weighted by Crippen LogP contribution is 2.34. The van der Waals surface area contributed by atoms with Gasteiger partial charge in [-0.2, -0.15) is 4.98 Å². The lowest BCUT2D eigenvalue weighted by Crippen LogP contribution is -2.18. The van der Waals surface area contributed by atoms with E-state index in [0.29, 0.717) is 23.2 Å². The van der Waals surface area contributed by atoms with Gasteiger partial charge < -0.3 is 16.0 Å². The van der Waals surface area contributed by atoms with Crippen molar-refractivity contribution in [2.75, 3.05) is 21.7 Å². The number of fused-ring (bicyclic) bond motifs is 1. The Morgan fingerprint density at radius 3 is 2.57 bits per heavy atom. The number of hydrogen-bond donors (Lipinski definition) is 4. The quantitative estimate of drug-likeness (QED) is 0.473. The Morgan fingerprint density at radius 2 is 1.83 bits per heavy atom. The number of rotatable bonds is 5. The molecule has 0 fully saturated rings. The van der Waals surface area contributed by atoms with E-state index >= 15 is 0 Å². The van der Waals surface area contributed by atoms with Gasteiger partial charge in [0.2, 0.25) is 21.9 Å². The minimum Gasteiger partial charge on any atom is -0.340 e. The number of thioether (sulfide) groups is 1. The summed E-state index contributed by atoms with van der Waals surface area (Å²) in [4.78, 5) is 21.4. The van der Waals surface area contributed by atoms with Crippen LogP contribution in [0.25, 0.3) is 0 Å². The zero-order chi connectivity index (χ0) is 21.3. The zero-order valence-electron chi connectivity index (χ0n) is 15.8. The summed E-state index contributed by atoms with van der Waals surface area (Å²) in [6, 6.07) is 11.7. The maximum Gasteiger partial charge on any atom is 0.238 e. The standard InChI is InChI=1S/C19H18N6O3S2/c1-11-9-21-19(23-12-2-5-14(6-3-12)30(20,27)28)25-18(11)22-13-4-7-16-15(8-13)24-17(26)10-29-16/h2-9H,10H2,1H3,(H,24,26)(H2,20,27,28)(H2,21,22,23,25). The number of carbonyl (C=O) groups excluding carboxylic acids is 1. The van der Waals surface area contributed by atoms with Gasteiger partial charge in [0.05, 0.1) is 16.3 Å². The molecule has 0 saturated carbocycles. The van der Waals surface area contributed by atoms with Crippen molar-refractivity contribution in [3.8, 4) is 0 Å². The summed E-state index contributed by atoms with van der Waals surface area (Å²) in [5.41, 5.74) is 3.00. The fraction of sp³-hybridized carbons (Fsp3) is 0.105. The molecule has 0 unspecified atom stereocenters. The largest absolute Gasteiger partial charge is 0.340 e. The van der Waals surface area contributed by atoms with Crippen LogP contribution < -0.4 is 21.1 Å². The summed E-state index contributed by atoms with van der Waals surface area (Å²) in [6.45, 7) is 1.88. The summed E-state index contributed by atoms with van der Waals surface area (Å²) in [6.07, 6.45) is 1.67. The molecule has 5 N–H and O–H groups in total. The molecule has 9 nitrogen and oxygen atoms in total. The van der Waals surface area contributed by atoms with Crippen molar-refractivity contribution in [3.63, 3.8) is 0 Å². The van der Waals surface area contributed by atoms with E-state index in [1.54, 1.807) is 18.3 Å². The number of amides is 1. The Morgan fingerprint density at radius 1 is 1.10 bits per heavy atom. The van der Waals surface area contributed by atoms with Crippen LogP contribution in [-0.2, 0) is 14.8 Å². The highest BCUT2D eigenvalue weighted by Gasteiger charge is 2.16. The van der Waals surface area contributed by atoms with Gasteiger partial charge in [0.1, 0.15) is 5.82 Å². The minimum atomic E-state index is -3.75. The molecule has 1 amide bonds. The van der Waals surface area contributed by atoms with Crippen LogP contribution in [0.5, 0.6) is 0 Å². The number of aromatic nitrogens is 2. The van der Waals surface area contributed by atoms with Gasteiger partial charge in [-0.15, -0.1) is 11.8 Å². The summed E-state index contributed by atoms with van der Waals surface area (Å²) < 4.78 is 22.7. The molecule has 0 saturated heterocycles. The predicted octanol–water partition coefficient (Wildman–Crippen LogP) is 2.96. The second-order valence-corrected chi connectivity index (χ2v) is 9.17. The summed E-state index contributed by atoms with van der Waals surface area (Å²) in [5.74, 6) is 1.33. The van der Waals surface area contributed by atoms with Gasteiger partial charge in [-0.25, -0.2) is 18.5 Å². The molecular weight excluding hydrogens is 424 g/mol. The highest BCUT2D eigenvalue weighted by atomic mass is 32.2. The van der Waals surface area contributed by atoms with Gasteiger partial charge in [0.15, 0.2) is 0 Å². The molecule has 0 bridgehead atoms. The molecule has 0 aliphatic carbocycles. The average Bonchev–Trinajstić information content (AvgIpc) is 2.70. The van der Waals surface area contributed by atoms with Crippen LogP contribution in [0.1, 0.15) is 5.56 Å². The number of anilines is 5. The zero-order valence-corrected chi connectivity index (χ0v) is 17.5. The monoisotopic (exact) mass is 442 g/mol. The molecule has 30 heavy (non-hydrogen) atoms. The number of nitrogens with zero attached hydrogens (tertiary/aromatic N) is 2. The minimum absolute atomic E-state index is 0.0252. The number of aryl methyl sites for hydroxylation is 1. The third kappa shape index (κ3) is 4.53. The summed E-state index contributed by atoms with van der Waals surface area (Å²) in [7, 11) is -3.75. The fourth-order valence-corrected chi connectivity index (χ4v) is 4.09. The van der Waals surface area contributed by atoms with E-state index in [1.807, 2.05) is 25.1 Å². The second kappa shape index (κ2) is 7.94. The fourth-order valence-electron chi connectivity index (χ4n) is 2.78. The number of benzene rings is 2. The maximum absolute atomic E-state index is 11.6. The molecule has 0 radical (unpaired) electrons. The molecule has 1 aliphatic rings. The van der Waals surface area contributed by atoms with Gasteiger partial charge >= 0.3 is 0 Å². The first kappa shape index (κ1) is 20.1. The Balaban J connectivity index is 1.54. The average molecular weight is 443 g/mol. The first-order chi connectivity index (χ1) is 14.3. The van der Waals surface area contributed by atoms with E-state index < -0.39 is 10.0 Å². The predicted molar refractivity (Wildman–Crippen MR) is 117 cm³/mol. The first-order valence-corrected chi connectivity index (χ1v) is 11.4. The molecule has 1 aliphatic heterocycles. The van der Waals surface area contributed by atoms with Gasteiger partial charge in [0.25, 0.3) is 0 Å². The normalized spacial score (nSPS) is 13.3. The van der Waals surface area contributed by atoms with Crippen molar-refractivity contribution in [3.05, 3.63) is 54.2 Å². The molecule has 3 aromatic rings. The molecule has 154 valence electrons. The van der Waals surface area contributed by atoms with Gasteiger partial charge in [0, 0.05) is 28.0 Å². The van der Waals surface area contributed by atoms with Gasteiger partial charge in [-0.1, -0.05) is 0 Å². The maximum atomic E-state index is 11.6. The second-order valence-electron chi connectivity index (χ2n) is 6.59. The number of nitrogens with two attached hydrogens (primary N) is 1. The van der Waals surface area contributed by atoms with Gasteiger partial charge in [-0.05, 0) is 49.4 Å². The molecule has 1 aromatic heterocycles. The first-order valence-electron chi connectivity index (χ1n) is 8.85. The van der Waals surface area contributed by atoms with E-state index in [4.69, 9.17) is 5.14 Å². The Labute approximate surface area is 177 Å². The van der Waals surface area contributed by atoms with Crippen LogP contribution in [0.3, 0.4) is 0 Å². The number of hydrogen-bond acceptors (Lipinski definition) is 8. The van der Waals surface area contributed by atoms with Crippen molar-refractivity contribution in [1.82, 2.24) is 9.97 Å². The Kier molecular flexibility index (Phi) is 5.33. The summed E-state index contributed by atoms with van der Waals surface area (Å²) in [5, 5.41) is 14.3. The number of sulfonamides is 1. The number of nitrogens with one attached hydrogen (secondary N) is 3. The van der Waals surface area contributed by atoms with E-state index in [1.165, 1.54) is 23.9 Å². The van der Waals surface area contributed by atoms with Crippen LogP contribution >= 0.6 is 11.8 Å². The Hall–Kier alpha value is -3.15. The lowest BCUT2D eigenvalue weighted by molar-refractivity contribution is -0.113. The van der Waals surface area contributed by atoms with Crippen LogP contribution in [-0.4, -0.2) is 30.0 Å². The molecular formula is C19H18N6O3S2. The van der Waals surface area contributed by atoms with Crippen LogP contribution in [0, 0.1) is 6.92 Å². The molecule has 0 atom stereocenters. The van der Waals surface area contributed by atoms with Gasteiger partial charge in [-0.3, -0.25) is 4.79 Å².